The van der Waals surface area contributed by atoms with Gasteiger partial charge in [0.2, 0.25) is 5.91 Å². The van der Waals surface area contributed by atoms with E-state index < -0.39 is 10.2 Å². The number of hydrogen-bond donors (Lipinski definition) is 1. The molecule has 0 saturated carbocycles. The van der Waals surface area contributed by atoms with Crippen LogP contribution in [0, 0.1) is 0 Å². The highest BCUT2D eigenvalue weighted by molar-refractivity contribution is 7.86. The maximum atomic E-state index is 12.1. The summed E-state index contributed by atoms with van der Waals surface area (Å²) in [5.41, 5.74) is 0. The molecule has 7 nitrogen and oxygen atoms in total. The molecule has 20 heavy (non-hydrogen) atoms. The molecule has 0 fully saturated rings. The van der Waals surface area contributed by atoms with Gasteiger partial charge < -0.3 is 9.73 Å². The number of carbonyl (C=O) groups excluding carboxylic acids is 1. The van der Waals surface area contributed by atoms with Crippen molar-refractivity contribution in [3.8, 4) is 0 Å². The Bertz CT molecular complexity index is 509. The molecule has 0 saturated heterocycles. The summed E-state index contributed by atoms with van der Waals surface area (Å²) in [6.45, 7) is 4.27. The van der Waals surface area contributed by atoms with Gasteiger partial charge in [-0.3, -0.25) is 4.79 Å². The third-order valence-corrected chi connectivity index (χ3v) is 4.92. The summed E-state index contributed by atoms with van der Waals surface area (Å²) in [4.78, 5) is 11.7. The highest BCUT2D eigenvalue weighted by Gasteiger charge is 2.25. The van der Waals surface area contributed by atoms with Crippen molar-refractivity contribution in [1.82, 2.24) is 13.9 Å². The highest BCUT2D eigenvalue weighted by Crippen LogP contribution is 2.05. The lowest BCUT2D eigenvalue weighted by Crippen LogP contribution is -2.45. The number of carbonyl (C=O) groups is 1. The van der Waals surface area contributed by atoms with Crippen LogP contribution in [0.2, 0.25) is 0 Å². The number of rotatable bonds is 8. The normalized spacial score (nSPS) is 12.1. The second-order valence-electron chi connectivity index (χ2n) is 4.20. The van der Waals surface area contributed by atoms with Gasteiger partial charge in [-0.25, -0.2) is 0 Å². The van der Waals surface area contributed by atoms with Crippen LogP contribution in [0.1, 0.15) is 19.6 Å². The molecule has 1 N–H and O–H groups in total. The second kappa shape index (κ2) is 7.41. The Morgan fingerprint density at radius 3 is 2.50 bits per heavy atom. The summed E-state index contributed by atoms with van der Waals surface area (Å²) in [5.74, 6) is 0.243. The summed E-state index contributed by atoms with van der Waals surface area (Å²) in [7, 11) is -2.20. The van der Waals surface area contributed by atoms with Gasteiger partial charge in [0.1, 0.15) is 5.76 Å². The predicted molar refractivity (Wildman–Crippen MR) is 75.0 cm³/mol. The van der Waals surface area contributed by atoms with Gasteiger partial charge in [-0.2, -0.15) is 17.0 Å². The summed E-state index contributed by atoms with van der Waals surface area (Å²) < 4.78 is 31.6. The monoisotopic (exact) mass is 303 g/mol. The largest absolute Gasteiger partial charge is 0.467 e. The average molecular weight is 303 g/mol. The molecule has 0 atom stereocenters. The van der Waals surface area contributed by atoms with E-state index in [9.17, 15) is 13.2 Å². The number of nitrogens with zero attached hydrogens (tertiary/aromatic N) is 2. The minimum Gasteiger partial charge on any atom is -0.467 e. The number of nitrogens with one attached hydrogen (secondary N) is 1. The molecule has 0 aromatic carbocycles. The standard InChI is InChI=1S/C12H21N3O4S/c1-4-15(5-2)20(17,18)14(3)10-12(16)13-9-11-7-6-8-19-11/h6-8H,4-5,9-10H2,1-3H3,(H,13,16). The van der Waals surface area contributed by atoms with E-state index in [1.807, 2.05) is 0 Å². The first kappa shape index (κ1) is 16.7. The Kier molecular flexibility index (Phi) is 6.18. The van der Waals surface area contributed by atoms with Crippen LogP contribution < -0.4 is 5.32 Å². The maximum Gasteiger partial charge on any atom is 0.282 e. The van der Waals surface area contributed by atoms with E-state index >= 15 is 0 Å². The van der Waals surface area contributed by atoms with Gasteiger partial charge in [-0.15, -0.1) is 0 Å². The van der Waals surface area contributed by atoms with E-state index in [-0.39, 0.29) is 19.0 Å². The first-order chi connectivity index (χ1) is 9.41. The van der Waals surface area contributed by atoms with Gasteiger partial charge >= 0.3 is 0 Å². The molecule has 0 spiro atoms. The number of furan rings is 1. The summed E-state index contributed by atoms with van der Waals surface area (Å²) in [6, 6.07) is 3.45. The van der Waals surface area contributed by atoms with Crippen molar-refractivity contribution >= 4 is 16.1 Å². The molecule has 0 unspecified atom stereocenters. The molecule has 0 aliphatic rings. The highest BCUT2D eigenvalue weighted by atomic mass is 32.2. The van der Waals surface area contributed by atoms with E-state index in [0.29, 0.717) is 18.8 Å². The lowest BCUT2D eigenvalue weighted by atomic mass is 10.4. The van der Waals surface area contributed by atoms with Crippen molar-refractivity contribution in [2.75, 3.05) is 26.7 Å². The Balaban J connectivity index is 2.52. The Morgan fingerprint density at radius 1 is 1.35 bits per heavy atom. The van der Waals surface area contributed by atoms with Crippen LogP contribution in [0.25, 0.3) is 0 Å². The molecule has 1 aromatic heterocycles. The summed E-state index contributed by atoms with van der Waals surface area (Å²) in [6.07, 6.45) is 1.51. The van der Waals surface area contributed by atoms with Gasteiger partial charge in [0.05, 0.1) is 19.4 Å². The topological polar surface area (TPSA) is 82.9 Å². The molecule has 0 bridgehead atoms. The summed E-state index contributed by atoms with van der Waals surface area (Å²) >= 11 is 0. The van der Waals surface area contributed by atoms with E-state index in [4.69, 9.17) is 4.42 Å². The van der Waals surface area contributed by atoms with Crippen molar-refractivity contribution in [1.29, 1.82) is 0 Å². The van der Waals surface area contributed by atoms with Crippen LogP contribution in [0.5, 0.6) is 0 Å². The first-order valence-electron chi connectivity index (χ1n) is 6.42. The van der Waals surface area contributed by atoms with Gasteiger partial charge in [0, 0.05) is 20.1 Å². The van der Waals surface area contributed by atoms with E-state index in [2.05, 4.69) is 5.32 Å². The fourth-order valence-electron chi connectivity index (χ4n) is 1.69. The second-order valence-corrected chi connectivity index (χ2v) is 6.24. The van der Waals surface area contributed by atoms with Crippen LogP contribution >= 0.6 is 0 Å². The van der Waals surface area contributed by atoms with Crippen molar-refractivity contribution in [2.45, 2.75) is 20.4 Å². The number of amides is 1. The fourth-order valence-corrected chi connectivity index (χ4v) is 3.01. The third-order valence-electron chi connectivity index (χ3n) is 2.83. The zero-order chi connectivity index (χ0) is 15.2. The first-order valence-corrected chi connectivity index (χ1v) is 7.82. The molecule has 1 rings (SSSR count). The minimum atomic E-state index is -3.59. The van der Waals surface area contributed by atoms with Crippen LogP contribution in [-0.2, 0) is 21.5 Å². The quantitative estimate of drug-likeness (QED) is 0.754. The van der Waals surface area contributed by atoms with E-state index in [0.717, 1.165) is 4.31 Å². The van der Waals surface area contributed by atoms with Crippen molar-refractivity contribution in [2.24, 2.45) is 0 Å². The molecular weight excluding hydrogens is 282 g/mol. The average Bonchev–Trinajstić information content (AvgIpc) is 2.90. The van der Waals surface area contributed by atoms with Crippen LogP contribution in [0.3, 0.4) is 0 Å². The number of likely N-dealkylation sites (N-methyl/N-ethyl adjacent to an activating group) is 1. The predicted octanol–water partition coefficient (Wildman–Crippen LogP) is 0.414. The van der Waals surface area contributed by atoms with Crippen LogP contribution in [-0.4, -0.2) is 49.6 Å². The van der Waals surface area contributed by atoms with Crippen molar-refractivity contribution in [3.05, 3.63) is 24.2 Å². The fraction of sp³-hybridized carbons (Fsp3) is 0.583. The molecule has 0 radical (unpaired) electrons. The molecule has 114 valence electrons. The Morgan fingerprint density at radius 2 is 2.00 bits per heavy atom. The molecule has 8 heteroatoms. The molecule has 0 aliphatic carbocycles. The van der Waals surface area contributed by atoms with Crippen molar-refractivity contribution < 1.29 is 17.6 Å². The maximum absolute atomic E-state index is 12.1. The third kappa shape index (κ3) is 4.32. The SMILES string of the molecule is CCN(CC)S(=O)(=O)N(C)CC(=O)NCc1ccco1. The van der Waals surface area contributed by atoms with Gasteiger partial charge in [-0.05, 0) is 12.1 Å². The Labute approximate surface area is 119 Å². The van der Waals surface area contributed by atoms with Gasteiger partial charge in [0.15, 0.2) is 0 Å². The molecule has 1 amide bonds. The Hall–Kier alpha value is -1.38. The smallest absolute Gasteiger partial charge is 0.282 e. The van der Waals surface area contributed by atoms with Crippen molar-refractivity contribution in [3.63, 3.8) is 0 Å². The van der Waals surface area contributed by atoms with E-state index in [1.54, 1.807) is 26.0 Å². The zero-order valence-corrected chi connectivity index (χ0v) is 12.8. The lowest BCUT2D eigenvalue weighted by molar-refractivity contribution is -0.121. The molecule has 1 heterocycles. The molecule has 0 aliphatic heterocycles. The van der Waals surface area contributed by atoms with Gasteiger partial charge in [0.25, 0.3) is 10.2 Å². The van der Waals surface area contributed by atoms with Gasteiger partial charge in [-0.1, -0.05) is 13.8 Å². The summed E-state index contributed by atoms with van der Waals surface area (Å²) in [5, 5.41) is 2.61. The lowest BCUT2D eigenvalue weighted by Gasteiger charge is -2.24. The molecular formula is C12H21N3O4S. The van der Waals surface area contributed by atoms with E-state index in [1.165, 1.54) is 17.6 Å². The van der Waals surface area contributed by atoms with Crippen LogP contribution in [0.15, 0.2) is 22.8 Å². The molecule has 1 aromatic rings. The minimum absolute atomic E-state index is 0.223. The zero-order valence-electron chi connectivity index (χ0n) is 12.0. The number of hydrogen-bond acceptors (Lipinski definition) is 4. The van der Waals surface area contributed by atoms with Crippen LogP contribution in [0.4, 0.5) is 0 Å².